The maximum atomic E-state index is 9.94. The third kappa shape index (κ3) is 3.42. The molecule has 1 saturated carbocycles. The highest BCUT2D eigenvalue weighted by Gasteiger charge is 2.28. The van der Waals surface area contributed by atoms with Gasteiger partial charge >= 0.3 is 0 Å². The van der Waals surface area contributed by atoms with E-state index in [-0.39, 0.29) is 0 Å². The summed E-state index contributed by atoms with van der Waals surface area (Å²) < 4.78 is 0. The van der Waals surface area contributed by atoms with E-state index in [0.717, 1.165) is 44.0 Å². The molecule has 5 heteroatoms. The van der Waals surface area contributed by atoms with Crippen molar-refractivity contribution in [2.24, 2.45) is 0 Å². The van der Waals surface area contributed by atoms with Crippen LogP contribution in [0.3, 0.4) is 0 Å². The third-order valence-electron chi connectivity index (χ3n) is 3.99. The molecule has 2 fully saturated rings. The molecule has 0 amide bonds. The predicted molar refractivity (Wildman–Crippen MR) is 74.0 cm³/mol. The van der Waals surface area contributed by atoms with Crippen molar-refractivity contribution in [1.29, 1.82) is 0 Å². The van der Waals surface area contributed by atoms with E-state index in [9.17, 15) is 5.11 Å². The Morgan fingerprint density at radius 1 is 1.32 bits per heavy atom. The predicted octanol–water partition coefficient (Wildman–Crippen LogP) is 1.08. The van der Waals surface area contributed by atoms with E-state index < -0.39 is 5.60 Å². The fourth-order valence-corrected chi connectivity index (χ4v) is 2.34. The molecule has 0 atom stereocenters. The molecule has 1 saturated heterocycles. The minimum atomic E-state index is -0.523. The third-order valence-corrected chi connectivity index (χ3v) is 3.99. The lowest BCUT2D eigenvalue weighted by Crippen LogP contribution is -2.43. The zero-order valence-electron chi connectivity index (χ0n) is 11.5. The van der Waals surface area contributed by atoms with Crippen LogP contribution in [0.5, 0.6) is 0 Å². The molecule has 2 aliphatic rings. The molecule has 1 aliphatic carbocycles. The second-order valence-electron chi connectivity index (χ2n) is 6.03. The molecule has 1 aliphatic heterocycles. The minimum absolute atomic E-state index is 0.523. The van der Waals surface area contributed by atoms with Gasteiger partial charge in [0, 0.05) is 43.6 Å². The van der Waals surface area contributed by atoms with Gasteiger partial charge in [0.2, 0.25) is 5.95 Å². The van der Waals surface area contributed by atoms with Crippen molar-refractivity contribution in [2.75, 3.05) is 18.0 Å². The number of rotatable bonds is 4. The summed E-state index contributed by atoms with van der Waals surface area (Å²) in [7, 11) is 0. The summed E-state index contributed by atoms with van der Waals surface area (Å²) in [5, 5.41) is 13.4. The maximum absolute atomic E-state index is 9.94. The lowest BCUT2D eigenvalue weighted by atomic mass is 9.94. The molecular formula is C14H22N4O. The van der Waals surface area contributed by atoms with Gasteiger partial charge in [-0.1, -0.05) is 0 Å². The number of nitrogens with zero attached hydrogens (tertiary/aromatic N) is 3. The first kappa shape index (κ1) is 12.8. The first-order valence-corrected chi connectivity index (χ1v) is 7.14. The summed E-state index contributed by atoms with van der Waals surface area (Å²) in [4.78, 5) is 11.0. The molecule has 0 bridgehead atoms. The van der Waals surface area contributed by atoms with E-state index in [4.69, 9.17) is 0 Å². The summed E-state index contributed by atoms with van der Waals surface area (Å²) in [5.74, 6) is 0.783. The Labute approximate surface area is 114 Å². The van der Waals surface area contributed by atoms with Crippen LogP contribution in [0.25, 0.3) is 0 Å². The number of nitrogens with one attached hydrogen (secondary N) is 1. The van der Waals surface area contributed by atoms with Gasteiger partial charge in [0.15, 0.2) is 0 Å². The maximum Gasteiger partial charge on any atom is 0.225 e. The van der Waals surface area contributed by atoms with Gasteiger partial charge in [-0.25, -0.2) is 9.97 Å². The van der Waals surface area contributed by atoms with Crippen molar-refractivity contribution in [3.05, 3.63) is 18.0 Å². The lowest BCUT2D eigenvalue weighted by molar-refractivity contribution is 0.0349. The number of piperidine rings is 1. The van der Waals surface area contributed by atoms with Crippen molar-refractivity contribution in [2.45, 2.75) is 50.8 Å². The van der Waals surface area contributed by atoms with E-state index in [1.54, 1.807) is 0 Å². The Kier molecular flexibility index (Phi) is 3.41. The Morgan fingerprint density at radius 2 is 1.95 bits per heavy atom. The highest BCUT2D eigenvalue weighted by molar-refractivity contribution is 5.31. The van der Waals surface area contributed by atoms with Crippen molar-refractivity contribution < 1.29 is 5.11 Å². The lowest BCUT2D eigenvalue weighted by Gasteiger charge is -2.35. The Balaban J connectivity index is 1.56. The van der Waals surface area contributed by atoms with Gasteiger partial charge in [0.1, 0.15) is 0 Å². The molecule has 19 heavy (non-hydrogen) atoms. The summed E-state index contributed by atoms with van der Waals surface area (Å²) in [6.07, 6.45) is 7.97. The second kappa shape index (κ2) is 5.06. The van der Waals surface area contributed by atoms with Crippen molar-refractivity contribution in [1.82, 2.24) is 15.3 Å². The van der Waals surface area contributed by atoms with E-state index in [2.05, 4.69) is 20.2 Å². The summed E-state index contributed by atoms with van der Waals surface area (Å²) in [5.41, 5.74) is 0.615. The Bertz CT molecular complexity index is 418. The zero-order chi connectivity index (χ0) is 13.3. The molecule has 0 radical (unpaired) electrons. The number of hydrogen-bond donors (Lipinski definition) is 2. The standard InChI is InChI=1S/C14H22N4O/c1-14(19)4-6-18(7-5-14)13-16-9-11(10-17-13)8-15-12-2-3-12/h9-10,12,15,19H,2-8H2,1H3. The van der Waals surface area contributed by atoms with E-state index in [1.165, 1.54) is 12.8 Å². The average molecular weight is 262 g/mol. The van der Waals surface area contributed by atoms with Crippen LogP contribution in [0.1, 0.15) is 38.2 Å². The molecule has 0 aromatic carbocycles. The number of aliphatic hydroxyl groups is 1. The van der Waals surface area contributed by atoms with Crippen LogP contribution >= 0.6 is 0 Å². The minimum Gasteiger partial charge on any atom is -0.390 e. The zero-order valence-corrected chi connectivity index (χ0v) is 11.5. The largest absolute Gasteiger partial charge is 0.390 e. The van der Waals surface area contributed by atoms with Crippen LogP contribution in [-0.2, 0) is 6.54 Å². The highest BCUT2D eigenvalue weighted by Crippen LogP contribution is 2.23. The summed E-state index contributed by atoms with van der Waals surface area (Å²) in [6, 6.07) is 0.712. The van der Waals surface area contributed by atoms with Crippen LogP contribution in [0.15, 0.2) is 12.4 Å². The van der Waals surface area contributed by atoms with Gasteiger partial charge in [-0.15, -0.1) is 0 Å². The fourth-order valence-electron chi connectivity index (χ4n) is 2.34. The molecule has 5 nitrogen and oxygen atoms in total. The summed E-state index contributed by atoms with van der Waals surface area (Å²) >= 11 is 0. The van der Waals surface area contributed by atoms with Gasteiger partial charge in [0.05, 0.1) is 5.60 Å². The number of anilines is 1. The molecule has 2 heterocycles. The first-order valence-electron chi connectivity index (χ1n) is 7.14. The quantitative estimate of drug-likeness (QED) is 0.850. The monoisotopic (exact) mass is 262 g/mol. The molecule has 1 aromatic heterocycles. The molecular weight excluding hydrogens is 240 g/mol. The van der Waals surface area contributed by atoms with Gasteiger partial charge < -0.3 is 15.3 Å². The van der Waals surface area contributed by atoms with Gasteiger partial charge in [0.25, 0.3) is 0 Å². The molecule has 1 aromatic rings. The van der Waals surface area contributed by atoms with Crippen molar-refractivity contribution in [3.8, 4) is 0 Å². The molecule has 0 unspecified atom stereocenters. The number of aromatic nitrogens is 2. The van der Waals surface area contributed by atoms with Crippen molar-refractivity contribution >= 4 is 5.95 Å². The Hall–Kier alpha value is -1.20. The first-order chi connectivity index (χ1) is 9.12. The SMILES string of the molecule is CC1(O)CCN(c2ncc(CNC3CC3)cn2)CC1. The topological polar surface area (TPSA) is 61.3 Å². The van der Waals surface area contributed by atoms with E-state index in [1.807, 2.05) is 19.3 Å². The Morgan fingerprint density at radius 3 is 2.53 bits per heavy atom. The van der Waals surface area contributed by atoms with Crippen molar-refractivity contribution in [3.63, 3.8) is 0 Å². The normalized spacial score (nSPS) is 22.5. The van der Waals surface area contributed by atoms with Gasteiger partial charge in [-0.05, 0) is 32.6 Å². The van der Waals surface area contributed by atoms with Crippen LogP contribution in [-0.4, -0.2) is 39.8 Å². The van der Waals surface area contributed by atoms with E-state index in [0.29, 0.717) is 6.04 Å². The molecule has 104 valence electrons. The molecule has 3 rings (SSSR count). The second-order valence-corrected chi connectivity index (χ2v) is 6.03. The smallest absolute Gasteiger partial charge is 0.225 e. The van der Waals surface area contributed by atoms with Crippen LogP contribution in [0.4, 0.5) is 5.95 Å². The molecule has 0 spiro atoms. The average Bonchev–Trinajstić information content (AvgIpc) is 3.21. The van der Waals surface area contributed by atoms with Crippen LogP contribution in [0, 0.1) is 0 Å². The molecule has 2 N–H and O–H groups in total. The van der Waals surface area contributed by atoms with E-state index >= 15 is 0 Å². The van der Waals surface area contributed by atoms with Gasteiger partial charge in [-0.2, -0.15) is 0 Å². The van der Waals surface area contributed by atoms with Crippen LogP contribution in [0.2, 0.25) is 0 Å². The fraction of sp³-hybridized carbons (Fsp3) is 0.714. The van der Waals surface area contributed by atoms with Gasteiger partial charge in [-0.3, -0.25) is 0 Å². The van der Waals surface area contributed by atoms with Crippen LogP contribution < -0.4 is 10.2 Å². The summed E-state index contributed by atoms with van der Waals surface area (Å²) in [6.45, 7) is 4.41. The number of hydrogen-bond acceptors (Lipinski definition) is 5. The highest BCUT2D eigenvalue weighted by atomic mass is 16.3.